The van der Waals surface area contributed by atoms with Gasteiger partial charge in [-0.25, -0.2) is 9.80 Å². The van der Waals surface area contributed by atoms with Crippen LogP contribution in [0.4, 0.5) is 0 Å². The molecule has 1 amide bonds. The Bertz CT molecular complexity index is 990. The van der Waals surface area contributed by atoms with Crippen molar-refractivity contribution in [3.8, 4) is 11.5 Å². The van der Waals surface area contributed by atoms with Crippen LogP contribution in [0.3, 0.4) is 0 Å². The Kier molecular flexibility index (Phi) is 6.27. The summed E-state index contributed by atoms with van der Waals surface area (Å²) < 4.78 is 11.1. The first kappa shape index (κ1) is 22.6. The molecule has 31 heavy (non-hydrogen) atoms. The fourth-order valence-corrected chi connectivity index (χ4v) is 3.61. The van der Waals surface area contributed by atoms with Crippen LogP contribution < -0.4 is 14.9 Å². The molecule has 0 saturated carbocycles. The average molecular weight is 427 g/mol. The standard InChI is InChI=1S/C24H30N2O5/c1-14-9-15(2)11-17(10-14)12-26(24(4,5)6)25-22(27)18-7-8-19-21(16(18)3)31-20(13-30-19)23(28)29/h7-11,20H,12-13H2,1-6H3,(H,25,27)(H,28,29). The summed E-state index contributed by atoms with van der Waals surface area (Å²) in [5.41, 5.74) is 7.09. The molecule has 1 aliphatic rings. The summed E-state index contributed by atoms with van der Waals surface area (Å²) in [6.45, 7) is 12.4. The zero-order chi connectivity index (χ0) is 22.9. The first-order valence-corrected chi connectivity index (χ1v) is 10.3. The molecule has 1 heterocycles. The molecule has 0 radical (unpaired) electrons. The SMILES string of the molecule is Cc1cc(C)cc(CN(NC(=O)c2ccc3c(c2C)OC(C(=O)O)CO3)C(C)(C)C)c1. The number of amides is 1. The fraction of sp³-hybridized carbons (Fsp3) is 0.417. The van der Waals surface area contributed by atoms with Gasteiger partial charge >= 0.3 is 5.97 Å². The molecule has 166 valence electrons. The number of rotatable bonds is 5. The molecule has 0 spiro atoms. The Morgan fingerprint density at radius 3 is 2.35 bits per heavy atom. The number of carboxylic acids is 1. The zero-order valence-corrected chi connectivity index (χ0v) is 18.9. The van der Waals surface area contributed by atoms with Crippen LogP contribution in [0.25, 0.3) is 0 Å². The Labute approximate surface area is 182 Å². The number of carbonyl (C=O) groups excluding carboxylic acids is 1. The van der Waals surface area contributed by atoms with Crippen molar-refractivity contribution in [1.82, 2.24) is 10.4 Å². The van der Waals surface area contributed by atoms with Gasteiger partial charge in [0.05, 0.1) is 0 Å². The van der Waals surface area contributed by atoms with Crippen LogP contribution in [0.15, 0.2) is 30.3 Å². The molecule has 1 unspecified atom stereocenters. The molecule has 2 aromatic rings. The van der Waals surface area contributed by atoms with Gasteiger partial charge < -0.3 is 14.6 Å². The lowest BCUT2D eigenvalue weighted by atomic mass is 10.0. The van der Waals surface area contributed by atoms with Gasteiger partial charge in [-0.3, -0.25) is 10.2 Å². The van der Waals surface area contributed by atoms with Crippen molar-refractivity contribution < 1.29 is 24.2 Å². The van der Waals surface area contributed by atoms with E-state index in [9.17, 15) is 14.7 Å². The van der Waals surface area contributed by atoms with Crippen LogP contribution in [0, 0.1) is 20.8 Å². The number of fused-ring (bicyclic) bond motifs is 1. The monoisotopic (exact) mass is 426 g/mol. The van der Waals surface area contributed by atoms with Gasteiger partial charge in [-0.1, -0.05) is 29.3 Å². The molecule has 2 aromatic carbocycles. The second-order valence-corrected chi connectivity index (χ2v) is 9.01. The normalized spacial score (nSPS) is 15.6. The van der Waals surface area contributed by atoms with E-state index in [0.717, 1.165) is 5.56 Å². The van der Waals surface area contributed by atoms with E-state index in [0.29, 0.717) is 29.2 Å². The minimum absolute atomic E-state index is 0.0684. The number of hydrazine groups is 1. The lowest BCUT2D eigenvalue weighted by Gasteiger charge is -2.36. The molecule has 0 aliphatic carbocycles. The molecule has 0 aromatic heterocycles. The summed E-state index contributed by atoms with van der Waals surface area (Å²) in [5, 5.41) is 11.1. The van der Waals surface area contributed by atoms with Crippen LogP contribution in [0.5, 0.6) is 11.5 Å². The van der Waals surface area contributed by atoms with E-state index in [2.05, 4.69) is 37.5 Å². The third-order valence-electron chi connectivity index (χ3n) is 5.21. The highest BCUT2D eigenvalue weighted by Crippen LogP contribution is 2.37. The molecule has 7 heteroatoms. The lowest BCUT2D eigenvalue weighted by Crippen LogP contribution is -2.52. The second-order valence-electron chi connectivity index (χ2n) is 9.01. The third-order valence-corrected chi connectivity index (χ3v) is 5.21. The first-order valence-electron chi connectivity index (χ1n) is 10.3. The summed E-state index contributed by atoms with van der Waals surface area (Å²) in [6.07, 6.45) is -1.10. The third kappa shape index (κ3) is 5.17. The van der Waals surface area contributed by atoms with Crippen molar-refractivity contribution >= 4 is 11.9 Å². The Morgan fingerprint density at radius 1 is 1.13 bits per heavy atom. The smallest absolute Gasteiger partial charge is 0.348 e. The zero-order valence-electron chi connectivity index (χ0n) is 18.9. The van der Waals surface area contributed by atoms with Gasteiger partial charge in [-0.15, -0.1) is 0 Å². The highest BCUT2D eigenvalue weighted by Gasteiger charge is 2.31. The minimum Gasteiger partial charge on any atom is -0.485 e. The topological polar surface area (TPSA) is 88.1 Å². The largest absolute Gasteiger partial charge is 0.485 e. The Morgan fingerprint density at radius 2 is 1.77 bits per heavy atom. The number of aliphatic carboxylic acids is 1. The Hall–Kier alpha value is -3.06. The molecule has 1 aliphatic heterocycles. The van der Waals surface area contributed by atoms with E-state index >= 15 is 0 Å². The highest BCUT2D eigenvalue weighted by atomic mass is 16.6. The summed E-state index contributed by atoms with van der Waals surface area (Å²) >= 11 is 0. The van der Waals surface area contributed by atoms with E-state index in [1.165, 1.54) is 11.1 Å². The van der Waals surface area contributed by atoms with Gasteiger partial charge in [-0.05, 0) is 59.2 Å². The summed E-state index contributed by atoms with van der Waals surface area (Å²) in [7, 11) is 0. The summed E-state index contributed by atoms with van der Waals surface area (Å²) in [5.74, 6) is -0.662. The maximum atomic E-state index is 13.2. The van der Waals surface area contributed by atoms with E-state index in [1.807, 2.05) is 25.8 Å². The number of hydrogen-bond donors (Lipinski definition) is 2. The minimum atomic E-state index is -1.10. The fourth-order valence-electron chi connectivity index (χ4n) is 3.61. The maximum absolute atomic E-state index is 13.2. The molecular weight excluding hydrogens is 396 g/mol. The average Bonchev–Trinajstić information content (AvgIpc) is 2.66. The van der Waals surface area contributed by atoms with E-state index < -0.39 is 12.1 Å². The van der Waals surface area contributed by atoms with Gasteiger partial charge in [0.15, 0.2) is 11.5 Å². The number of ether oxygens (including phenoxy) is 2. The van der Waals surface area contributed by atoms with Crippen LogP contribution >= 0.6 is 0 Å². The lowest BCUT2D eigenvalue weighted by molar-refractivity contribution is -0.147. The number of nitrogens with one attached hydrogen (secondary N) is 1. The van der Waals surface area contributed by atoms with Crippen LogP contribution in [-0.2, 0) is 11.3 Å². The second kappa shape index (κ2) is 8.59. The predicted octanol–water partition coefficient (Wildman–Crippen LogP) is 3.78. The first-order chi connectivity index (χ1) is 14.5. The van der Waals surface area contributed by atoms with Crippen molar-refractivity contribution in [2.75, 3.05) is 6.61 Å². The molecule has 0 bridgehead atoms. The molecule has 0 saturated heterocycles. The molecular formula is C24H30N2O5. The van der Waals surface area contributed by atoms with E-state index in [-0.39, 0.29) is 18.1 Å². The van der Waals surface area contributed by atoms with Crippen LogP contribution in [0.2, 0.25) is 0 Å². The number of carboxylic acid groups (broad SMARTS) is 1. The van der Waals surface area contributed by atoms with Crippen LogP contribution in [0.1, 0.15) is 53.4 Å². The van der Waals surface area contributed by atoms with Crippen molar-refractivity contribution in [2.45, 2.75) is 59.7 Å². The van der Waals surface area contributed by atoms with E-state index in [4.69, 9.17) is 9.47 Å². The number of nitrogens with zero attached hydrogens (tertiary/aromatic N) is 1. The van der Waals surface area contributed by atoms with Gasteiger partial charge in [-0.2, -0.15) is 0 Å². The number of carbonyl (C=O) groups is 2. The van der Waals surface area contributed by atoms with Crippen molar-refractivity contribution in [3.05, 3.63) is 58.1 Å². The molecule has 1 atom stereocenters. The van der Waals surface area contributed by atoms with E-state index in [1.54, 1.807) is 19.1 Å². The summed E-state index contributed by atoms with van der Waals surface area (Å²) in [4.78, 5) is 24.5. The number of aryl methyl sites for hydroxylation is 2. The number of benzene rings is 2. The summed E-state index contributed by atoms with van der Waals surface area (Å²) in [6, 6.07) is 9.65. The quantitative estimate of drug-likeness (QED) is 0.708. The van der Waals surface area contributed by atoms with Gasteiger partial charge in [0, 0.05) is 23.2 Å². The van der Waals surface area contributed by atoms with Gasteiger partial charge in [0.25, 0.3) is 5.91 Å². The van der Waals surface area contributed by atoms with Crippen molar-refractivity contribution in [2.24, 2.45) is 0 Å². The van der Waals surface area contributed by atoms with Crippen LogP contribution in [-0.4, -0.2) is 40.2 Å². The molecule has 7 nitrogen and oxygen atoms in total. The molecule has 0 fully saturated rings. The molecule has 2 N–H and O–H groups in total. The molecule has 3 rings (SSSR count). The highest BCUT2D eigenvalue weighted by molar-refractivity contribution is 5.96. The van der Waals surface area contributed by atoms with Crippen molar-refractivity contribution in [1.29, 1.82) is 0 Å². The van der Waals surface area contributed by atoms with Gasteiger partial charge in [0.1, 0.15) is 6.61 Å². The number of hydrogen-bond acceptors (Lipinski definition) is 5. The van der Waals surface area contributed by atoms with Gasteiger partial charge in [0.2, 0.25) is 6.10 Å². The van der Waals surface area contributed by atoms with Crippen molar-refractivity contribution in [3.63, 3.8) is 0 Å². The Balaban J connectivity index is 1.85. The predicted molar refractivity (Wildman–Crippen MR) is 117 cm³/mol. The maximum Gasteiger partial charge on any atom is 0.348 e.